The minimum absolute atomic E-state index is 0.103. The number of carbonyl (C=O) groups is 3. The van der Waals surface area contributed by atoms with Crippen molar-refractivity contribution in [1.82, 2.24) is 5.32 Å². The predicted octanol–water partition coefficient (Wildman–Crippen LogP) is 1.35. The van der Waals surface area contributed by atoms with Gasteiger partial charge in [-0.2, -0.15) is 0 Å². The van der Waals surface area contributed by atoms with Gasteiger partial charge in [0.25, 0.3) is 5.91 Å². The molecular formula is C19H16N2O4. The molecule has 2 aromatic rings. The second kappa shape index (κ2) is 8.31. The van der Waals surface area contributed by atoms with Crippen molar-refractivity contribution in [3.63, 3.8) is 0 Å². The van der Waals surface area contributed by atoms with Gasteiger partial charge in [-0.05, 0) is 36.4 Å². The highest BCUT2D eigenvalue weighted by atomic mass is 16.5. The van der Waals surface area contributed by atoms with E-state index in [-0.39, 0.29) is 17.7 Å². The molecule has 0 heterocycles. The Morgan fingerprint density at radius 2 is 1.68 bits per heavy atom. The molecule has 2 amide bonds. The van der Waals surface area contributed by atoms with E-state index in [0.717, 1.165) is 0 Å². The Labute approximate surface area is 145 Å². The molecule has 0 bridgehead atoms. The lowest BCUT2D eigenvalue weighted by atomic mass is 10.1. The summed E-state index contributed by atoms with van der Waals surface area (Å²) in [5.41, 5.74) is 6.67. The number of hydrogen-bond acceptors (Lipinski definition) is 4. The number of benzene rings is 2. The summed E-state index contributed by atoms with van der Waals surface area (Å²) in [7, 11) is 1.26. The minimum atomic E-state index is -0.577. The molecule has 0 fully saturated rings. The van der Waals surface area contributed by atoms with Gasteiger partial charge in [-0.15, -0.1) is 0 Å². The van der Waals surface area contributed by atoms with Gasteiger partial charge in [0.1, 0.15) is 0 Å². The largest absolute Gasteiger partial charge is 0.465 e. The number of methoxy groups -OCH3 is 1. The van der Waals surface area contributed by atoms with Gasteiger partial charge in [-0.25, -0.2) is 4.79 Å². The number of ether oxygens (including phenoxy) is 1. The van der Waals surface area contributed by atoms with Crippen LogP contribution in [0.25, 0.3) is 0 Å². The molecule has 6 nitrogen and oxygen atoms in total. The molecule has 0 aliphatic carbocycles. The normalized spacial score (nSPS) is 9.48. The van der Waals surface area contributed by atoms with E-state index >= 15 is 0 Å². The maximum atomic E-state index is 12.2. The van der Waals surface area contributed by atoms with Gasteiger partial charge in [0.15, 0.2) is 0 Å². The van der Waals surface area contributed by atoms with E-state index < -0.39 is 17.8 Å². The Kier molecular flexibility index (Phi) is 5.91. The van der Waals surface area contributed by atoms with E-state index in [1.54, 1.807) is 36.4 Å². The summed E-state index contributed by atoms with van der Waals surface area (Å²) >= 11 is 0. The molecule has 0 spiro atoms. The van der Waals surface area contributed by atoms with E-state index in [0.29, 0.717) is 11.1 Å². The van der Waals surface area contributed by atoms with Crippen molar-refractivity contribution in [3.05, 3.63) is 70.8 Å². The molecule has 6 heteroatoms. The Bertz CT molecular complexity index is 861. The lowest BCUT2D eigenvalue weighted by molar-refractivity contribution is 0.0596. The van der Waals surface area contributed by atoms with Crippen LogP contribution in [-0.2, 0) is 4.74 Å². The molecule has 0 unspecified atom stereocenters. The Balaban J connectivity index is 2.00. The number of rotatable bonds is 4. The van der Waals surface area contributed by atoms with Crippen LogP contribution in [-0.4, -0.2) is 31.4 Å². The molecule has 0 aliphatic heterocycles. The number of nitrogens with one attached hydrogen (secondary N) is 1. The fourth-order valence-corrected chi connectivity index (χ4v) is 2.05. The molecule has 0 radical (unpaired) electrons. The second-order valence-corrected chi connectivity index (χ2v) is 4.96. The van der Waals surface area contributed by atoms with E-state index in [4.69, 9.17) is 5.73 Å². The Morgan fingerprint density at radius 3 is 2.28 bits per heavy atom. The molecule has 25 heavy (non-hydrogen) atoms. The third kappa shape index (κ3) is 4.69. The van der Waals surface area contributed by atoms with Crippen LogP contribution in [0.15, 0.2) is 48.5 Å². The van der Waals surface area contributed by atoms with E-state index in [9.17, 15) is 14.4 Å². The van der Waals surface area contributed by atoms with Crippen molar-refractivity contribution < 1.29 is 19.1 Å². The maximum Gasteiger partial charge on any atom is 0.338 e. The average molecular weight is 336 g/mol. The first kappa shape index (κ1) is 17.8. The number of nitrogens with two attached hydrogens (primary N) is 1. The molecule has 2 aromatic carbocycles. The van der Waals surface area contributed by atoms with Crippen LogP contribution in [0.4, 0.5) is 0 Å². The van der Waals surface area contributed by atoms with E-state index in [1.807, 2.05) is 0 Å². The monoisotopic (exact) mass is 336 g/mol. The zero-order chi connectivity index (χ0) is 18.2. The first-order valence-electron chi connectivity index (χ1n) is 7.37. The topological polar surface area (TPSA) is 98.5 Å². The minimum Gasteiger partial charge on any atom is -0.465 e. The van der Waals surface area contributed by atoms with Crippen LogP contribution in [0, 0.1) is 11.8 Å². The summed E-state index contributed by atoms with van der Waals surface area (Å²) in [6.07, 6.45) is 0. The van der Waals surface area contributed by atoms with Gasteiger partial charge in [-0.3, -0.25) is 9.59 Å². The number of primary amides is 1. The number of hydrogen-bond donors (Lipinski definition) is 2. The highest BCUT2D eigenvalue weighted by Crippen LogP contribution is 2.09. The van der Waals surface area contributed by atoms with Gasteiger partial charge in [-0.1, -0.05) is 24.0 Å². The average Bonchev–Trinajstić information content (AvgIpc) is 2.64. The van der Waals surface area contributed by atoms with Crippen molar-refractivity contribution in [2.45, 2.75) is 0 Å². The third-order valence-corrected chi connectivity index (χ3v) is 3.32. The molecule has 2 rings (SSSR count). The van der Waals surface area contributed by atoms with Crippen LogP contribution >= 0.6 is 0 Å². The van der Waals surface area contributed by atoms with E-state index in [1.165, 1.54) is 19.2 Å². The first-order chi connectivity index (χ1) is 12.0. The SMILES string of the molecule is COC(=O)c1ccccc1C(=O)NCC#Cc1ccc(C(N)=O)cc1. The highest BCUT2D eigenvalue weighted by molar-refractivity contribution is 6.05. The molecule has 0 saturated heterocycles. The number of amides is 2. The smallest absolute Gasteiger partial charge is 0.338 e. The van der Waals surface area contributed by atoms with Crippen LogP contribution in [0.2, 0.25) is 0 Å². The quantitative estimate of drug-likeness (QED) is 0.650. The lowest BCUT2D eigenvalue weighted by Crippen LogP contribution is -2.25. The molecule has 3 N–H and O–H groups in total. The van der Waals surface area contributed by atoms with Crippen molar-refractivity contribution >= 4 is 17.8 Å². The molecule has 0 atom stereocenters. The highest BCUT2D eigenvalue weighted by Gasteiger charge is 2.16. The standard InChI is InChI=1S/C19H16N2O4/c1-25-19(24)16-7-3-2-6-15(16)18(23)21-12-4-5-13-8-10-14(11-9-13)17(20)22/h2-3,6-11H,12H2,1H3,(H2,20,22)(H,21,23). The van der Waals surface area contributed by atoms with Crippen LogP contribution in [0.1, 0.15) is 36.6 Å². The number of esters is 1. The molecule has 126 valence electrons. The van der Waals surface area contributed by atoms with Crippen molar-refractivity contribution in [3.8, 4) is 11.8 Å². The van der Waals surface area contributed by atoms with Gasteiger partial charge in [0, 0.05) is 11.1 Å². The van der Waals surface area contributed by atoms with E-state index in [2.05, 4.69) is 21.9 Å². The summed E-state index contributed by atoms with van der Waals surface area (Å²) in [6, 6.07) is 12.9. The molecular weight excluding hydrogens is 320 g/mol. The first-order valence-corrected chi connectivity index (χ1v) is 7.37. The Hall–Kier alpha value is -3.59. The van der Waals surface area contributed by atoms with Crippen molar-refractivity contribution in [1.29, 1.82) is 0 Å². The molecule has 0 saturated carbocycles. The van der Waals surface area contributed by atoms with Gasteiger partial charge < -0.3 is 15.8 Å². The summed E-state index contributed by atoms with van der Waals surface area (Å²) in [4.78, 5) is 34.8. The summed E-state index contributed by atoms with van der Waals surface area (Å²) in [6.45, 7) is 0.103. The third-order valence-electron chi connectivity index (χ3n) is 3.32. The molecule has 0 aromatic heterocycles. The lowest BCUT2D eigenvalue weighted by Gasteiger charge is -2.06. The second-order valence-electron chi connectivity index (χ2n) is 4.96. The fraction of sp³-hybridized carbons (Fsp3) is 0.105. The fourth-order valence-electron chi connectivity index (χ4n) is 2.05. The van der Waals surface area contributed by atoms with Crippen molar-refractivity contribution in [2.24, 2.45) is 5.73 Å². The predicted molar refractivity (Wildman–Crippen MR) is 92.0 cm³/mol. The molecule has 0 aliphatic rings. The number of carbonyl (C=O) groups excluding carboxylic acids is 3. The van der Waals surface area contributed by atoms with Gasteiger partial charge in [0.2, 0.25) is 5.91 Å². The summed E-state index contributed by atoms with van der Waals surface area (Å²) in [5.74, 6) is 4.16. The summed E-state index contributed by atoms with van der Waals surface area (Å²) < 4.78 is 4.66. The van der Waals surface area contributed by atoms with Crippen LogP contribution < -0.4 is 11.1 Å². The van der Waals surface area contributed by atoms with Gasteiger partial charge in [0.05, 0.1) is 24.8 Å². The zero-order valence-corrected chi connectivity index (χ0v) is 13.5. The van der Waals surface area contributed by atoms with Crippen molar-refractivity contribution in [2.75, 3.05) is 13.7 Å². The summed E-state index contributed by atoms with van der Waals surface area (Å²) in [5, 5.41) is 2.62. The van der Waals surface area contributed by atoms with Crippen LogP contribution in [0.5, 0.6) is 0 Å². The zero-order valence-electron chi connectivity index (χ0n) is 13.5. The van der Waals surface area contributed by atoms with Crippen LogP contribution in [0.3, 0.4) is 0 Å². The Morgan fingerprint density at radius 1 is 1.04 bits per heavy atom. The van der Waals surface area contributed by atoms with Gasteiger partial charge >= 0.3 is 5.97 Å². The maximum absolute atomic E-state index is 12.2.